The molecule has 3 rings (SSSR count). The first-order chi connectivity index (χ1) is 9.25. The van der Waals surface area contributed by atoms with Crippen LogP contribution in [0.25, 0.3) is 0 Å². The Labute approximate surface area is 111 Å². The van der Waals surface area contributed by atoms with Gasteiger partial charge in [-0.15, -0.1) is 0 Å². The average Bonchev–Trinajstić information content (AvgIpc) is 2.77. The molecule has 100 valence electrons. The molecule has 0 bridgehead atoms. The molecule has 5 nitrogen and oxygen atoms in total. The Morgan fingerprint density at radius 3 is 2.79 bits per heavy atom. The first-order valence-corrected chi connectivity index (χ1v) is 6.65. The maximum atomic E-state index is 12.1. The van der Waals surface area contributed by atoms with Gasteiger partial charge in [0.15, 0.2) is 0 Å². The van der Waals surface area contributed by atoms with Crippen LogP contribution in [0, 0.1) is 0 Å². The van der Waals surface area contributed by atoms with E-state index in [0.29, 0.717) is 0 Å². The van der Waals surface area contributed by atoms with Gasteiger partial charge in [0.2, 0.25) is 0 Å². The van der Waals surface area contributed by atoms with Gasteiger partial charge in [-0.3, -0.25) is 4.57 Å². The van der Waals surface area contributed by atoms with Gasteiger partial charge in [0.05, 0.1) is 12.6 Å². The molecular weight excluding hydrogens is 242 g/mol. The quantitative estimate of drug-likeness (QED) is 0.898. The molecule has 1 aliphatic rings. The summed E-state index contributed by atoms with van der Waals surface area (Å²) in [5.41, 5.74) is 0.699. The fourth-order valence-electron chi connectivity index (χ4n) is 2.51. The average molecular weight is 259 g/mol. The smallest absolute Gasteiger partial charge is 0.346 e. The summed E-state index contributed by atoms with van der Waals surface area (Å²) in [4.78, 5) is 12.1. The second kappa shape index (κ2) is 5.01. The summed E-state index contributed by atoms with van der Waals surface area (Å²) in [6, 6.07) is 9.36. The minimum atomic E-state index is -0.698. The molecule has 0 saturated carbocycles. The number of nitrogens with zero attached hydrogens (tertiary/aromatic N) is 3. The van der Waals surface area contributed by atoms with Gasteiger partial charge in [-0.05, 0) is 18.4 Å². The lowest BCUT2D eigenvalue weighted by atomic mass is 10.1. The molecule has 2 aromatic rings. The van der Waals surface area contributed by atoms with Crippen molar-refractivity contribution in [1.82, 2.24) is 14.3 Å². The van der Waals surface area contributed by atoms with Crippen LogP contribution in [0.5, 0.6) is 0 Å². The predicted octanol–water partition coefficient (Wildman–Crippen LogP) is 1.11. The zero-order chi connectivity index (χ0) is 13.2. The van der Waals surface area contributed by atoms with Gasteiger partial charge >= 0.3 is 5.69 Å². The van der Waals surface area contributed by atoms with E-state index < -0.39 is 6.10 Å². The van der Waals surface area contributed by atoms with Gasteiger partial charge in [0.1, 0.15) is 5.82 Å². The van der Waals surface area contributed by atoms with Gasteiger partial charge in [-0.1, -0.05) is 30.3 Å². The van der Waals surface area contributed by atoms with Gasteiger partial charge in [-0.2, -0.15) is 5.10 Å². The highest BCUT2D eigenvalue weighted by Gasteiger charge is 2.18. The van der Waals surface area contributed by atoms with Crippen LogP contribution in [0.15, 0.2) is 35.1 Å². The first kappa shape index (κ1) is 12.2. The number of benzene rings is 1. The molecule has 19 heavy (non-hydrogen) atoms. The van der Waals surface area contributed by atoms with Crippen LogP contribution in [-0.4, -0.2) is 19.5 Å². The Morgan fingerprint density at radius 2 is 2.05 bits per heavy atom. The lowest BCUT2D eigenvalue weighted by Gasteiger charge is -2.10. The highest BCUT2D eigenvalue weighted by Crippen LogP contribution is 2.14. The molecule has 2 heterocycles. The number of aryl methyl sites for hydroxylation is 1. The van der Waals surface area contributed by atoms with E-state index in [1.54, 1.807) is 4.57 Å². The Balaban J connectivity index is 1.84. The molecule has 1 aromatic heterocycles. The minimum Gasteiger partial charge on any atom is -0.386 e. The van der Waals surface area contributed by atoms with E-state index in [-0.39, 0.29) is 12.2 Å². The van der Waals surface area contributed by atoms with Crippen molar-refractivity contribution in [3.8, 4) is 0 Å². The number of aromatic nitrogens is 3. The number of rotatable bonds is 3. The van der Waals surface area contributed by atoms with Crippen molar-refractivity contribution >= 4 is 0 Å². The summed E-state index contributed by atoms with van der Waals surface area (Å²) in [6.45, 7) is 0.957. The van der Waals surface area contributed by atoms with Crippen LogP contribution >= 0.6 is 0 Å². The van der Waals surface area contributed by atoms with Crippen molar-refractivity contribution in [2.45, 2.75) is 38.5 Å². The predicted molar refractivity (Wildman–Crippen MR) is 70.8 cm³/mol. The molecule has 0 radical (unpaired) electrons. The molecule has 1 N–H and O–H groups in total. The van der Waals surface area contributed by atoms with E-state index in [0.717, 1.165) is 37.2 Å². The lowest BCUT2D eigenvalue weighted by Crippen LogP contribution is -2.28. The highest BCUT2D eigenvalue weighted by molar-refractivity contribution is 5.17. The van der Waals surface area contributed by atoms with E-state index in [9.17, 15) is 9.90 Å². The SMILES string of the molecule is O=c1n(CC(O)c2ccccc2)nc2n1CCCC2. The van der Waals surface area contributed by atoms with E-state index >= 15 is 0 Å². The molecule has 0 fully saturated rings. The van der Waals surface area contributed by atoms with Crippen molar-refractivity contribution < 1.29 is 5.11 Å². The summed E-state index contributed by atoms with van der Waals surface area (Å²) in [5.74, 6) is 0.844. The molecule has 1 aromatic carbocycles. The Bertz CT molecular complexity index is 615. The molecule has 1 atom stereocenters. The van der Waals surface area contributed by atoms with E-state index in [1.807, 2.05) is 30.3 Å². The summed E-state index contributed by atoms with van der Waals surface area (Å²) in [7, 11) is 0. The summed E-state index contributed by atoms with van der Waals surface area (Å²) in [6.07, 6.45) is 2.26. The van der Waals surface area contributed by atoms with Crippen LogP contribution in [0.3, 0.4) is 0 Å². The van der Waals surface area contributed by atoms with Crippen LogP contribution in [0.1, 0.15) is 30.3 Å². The maximum Gasteiger partial charge on any atom is 0.346 e. The highest BCUT2D eigenvalue weighted by atomic mass is 16.3. The standard InChI is InChI=1S/C14H17N3O2/c18-12(11-6-2-1-3-7-11)10-17-14(19)16-9-5-4-8-13(16)15-17/h1-3,6-7,12,18H,4-5,8-10H2. The van der Waals surface area contributed by atoms with Crippen molar-refractivity contribution in [1.29, 1.82) is 0 Å². The third-order valence-electron chi connectivity index (χ3n) is 3.56. The molecule has 0 saturated heterocycles. The van der Waals surface area contributed by atoms with Gasteiger partial charge in [0, 0.05) is 13.0 Å². The third kappa shape index (κ3) is 2.33. The summed E-state index contributed by atoms with van der Waals surface area (Å²) < 4.78 is 3.11. The van der Waals surface area contributed by atoms with Crippen LogP contribution in [0.2, 0.25) is 0 Å². The number of hydrogen-bond acceptors (Lipinski definition) is 3. The maximum absolute atomic E-state index is 12.1. The number of fused-ring (bicyclic) bond motifs is 1. The normalized spacial score (nSPS) is 16.1. The molecule has 1 unspecified atom stereocenters. The zero-order valence-electron chi connectivity index (χ0n) is 10.7. The zero-order valence-corrected chi connectivity index (χ0v) is 10.7. The van der Waals surface area contributed by atoms with E-state index in [2.05, 4.69) is 5.10 Å². The van der Waals surface area contributed by atoms with E-state index in [4.69, 9.17) is 0 Å². The topological polar surface area (TPSA) is 60.1 Å². The summed E-state index contributed by atoms with van der Waals surface area (Å²) >= 11 is 0. The first-order valence-electron chi connectivity index (χ1n) is 6.65. The number of aliphatic hydroxyl groups excluding tert-OH is 1. The Morgan fingerprint density at radius 1 is 1.26 bits per heavy atom. The fourth-order valence-corrected chi connectivity index (χ4v) is 2.51. The largest absolute Gasteiger partial charge is 0.386 e. The Kier molecular flexibility index (Phi) is 3.21. The fraction of sp³-hybridized carbons (Fsp3) is 0.429. The van der Waals surface area contributed by atoms with Gasteiger partial charge in [0.25, 0.3) is 0 Å². The van der Waals surface area contributed by atoms with Crippen molar-refractivity contribution in [3.63, 3.8) is 0 Å². The third-order valence-corrected chi connectivity index (χ3v) is 3.56. The van der Waals surface area contributed by atoms with Crippen molar-refractivity contribution in [2.24, 2.45) is 0 Å². The van der Waals surface area contributed by atoms with E-state index in [1.165, 1.54) is 4.68 Å². The van der Waals surface area contributed by atoms with Gasteiger partial charge in [-0.25, -0.2) is 9.48 Å². The molecule has 5 heteroatoms. The molecular formula is C14H17N3O2. The molecule has 1 aliphatic heterocycles. The second-order valence-corrected chi connectivity index (χ2v) is 4.92. The summed E-state index contributed by atoms with van der Waals surface area (Å²) in [5, 5.41) is 14.5. The minimum absolute atomic E-state index is 0.107. The molecule has 0 spiro atoms. The lowest BCUT2D eigenvalue weighted by molar-refractivity contribution is 0.149. The van der Waals surface area contributed by atoms with Crippen LogP contribution < -0.4 is 5.69 Å². The number of aliphatic hydroxyl groups is 1. The molecule has 0 aliphatic carbocycles. The van der Waals surface area contributed by atoms with Crippen molar-refractivity contribution in [2.75, 3.05) is 0 Å². The van der Waals surface area contributed by atoms with Crippen molar-refractivity contribution in [3.05, 3.63) is 52.2 Å². The van der Waals surface area contributed by atoms with Crippen LogP contribution in [0.4, 0.5) is 0 Å². The van der Waals surface area contributed by atoms with Crippen LogP contribution in [-0.2, 0) is 19.5 Å². The monoisotopic (exact) mass is 259 g/mol. The Hall–Kier alpha value is -1.88. The van der Waals surface area contributed by atoms with Gasteiger partial charge < -0.3 is 5.11 Å². The number of hydrogen-bond donors (Lipinski definition) is 1. The molecule has 0 amide bonds. The second-order valence-electron chi connectivity index (χ2n) is 4.92.